The van der Waals surface area contributed by atoms with E-state index in [9.17, 15) is 9.59 Å². The van der Waals surface area contributed by atoms with Crippen LogP contribution in [0.25, 0.3) is 0 Å². The second-order valence-electron chi connectivity index (χ2n) is 11.1. The molecule has 36 heavy (non-hydrogen) atoms. The molecule has 0 bridgehead atoms. The number of imide groups is 1. The van der Waals surface area contributed by atoms with E-state index in [-0.39, 0.29) is 18.0 Å². The molecule has 190 valence electrons. The van der Waals surface area contributed by atoms with Crippen molar-refractivity contribution in [2.45, 2.75) is 70.0 Å². The molecular weight excluding hydrogens is 448 g/mol. The Morgan fingerprint density at radius 3 is 2.08 bits per heavy atom. The van der Waals surface area contributed by atoms with Gasteiger partial charge in [-0.1, -0.05) is 36.4 Å². The zero-order valence-corrected chi connectivity index (χ0v) is 21.5. The molecule has 3 aliphatic heterocycles. The Morgan fingerprint density at radius 2 is 1.47 bits per heavy atom. The van der Waals surface area contributed by atoms with Crippen molar-refractivity contribution in [3.63, 3.8) is 0 Å². The van der Waals surface area contributed by atoms with Crippen molar-refractivity contribution in [1.82, 2.24) is 14.7 Å². The van der Waals surface area contributed by atoms with Crippen LogP contribution in [-0.4, -0.2) is 70.9 Å². The van der Waals surface area contributed by atoms with Gasteiger partial charge in [0.15, 0.2) is 0 Å². The Morgan fingerprint density at radius 1 is 0.833 bits per heavy atom. The van der Waals surface area contributed by atoms with E-state index in [1.165, 1.54) is 41.6 Å². The Bertz CT molecular complexity index is 1090. The van der Waals surface area contributed by atoms with Crippen LogP contribution in [0.4, 0.5) is 10.5 Å². The number of anilines is 1. The van der Waals surface area contributed by atoms with Crippen LogP contribution in [0.1, 0.15) is 55.7 Å². The van der Waals surface area contributed by atoms with Gasteiger partial charge in [0.05, 0.1) is 0 Å². The van der Waals surface area contributed by atoms with E-state index in [4.69, 9.17) is 0 Å². The van der Waals surface area contributed by atoms with Crippen molar-refractivity contribution >= 4 is 17.6 Å². The van der Waals surface area contributed by atoms with Crippen LogP contribution in [0.2, 0.25) is 0 Å². The first kappa shape index (κ1) is 23.5. The fraction of sp³-hybridized carbons (Fsp3) is 0.533. The van der Waals surface area contributed by atoms with Crippen molar-refractivity contribution in [3.05, 3.63) is 65.2 Å². The van der Waals surface area contributed by atoms with E-state index >= 15 is 0 Å². The van der Waals surface area contributed by atoms with E-state index in [0.717, 1.165) is 45.6 Å². The molecule has 3 amide bonds. The monoisotopic (exact) mass is 486 g/mol. The van der Waals surface area contributed by atoms with Gasteiger partial charge in [0.25, 0.3) is 5.91 Å². The number of carbonyl (C=O) groups is 2. The summed E-state index contributed by atoms with van der Waals surface area (Å²) in [7, 11) is 0. The molecule has 3 heterocycles. The Hall–Kier alpha value is -2.86. The molecule has 0 atom stereocenters. The topological polar surface area (TPSA) is 47.1 Å². The number of likely N-dealkylation sites (tertiary alicyclic amines) is 1. The van der Waals surface area contributed by atoms with Gasteiger partial charge in [-0.05, 0) is 80.7 Å². The van der Waals surface area contributed by atoms with Crippen LogP contribution < -0.4 is 4.90 Å². The molecule has 1 aliphatic carbocycles. The molecule has 2 aromatic carbocycles. The maximum Gasteiger partial charge on any atom is 0.327 e. The fourth-order valence-electron chi connectivity index (χ4n) is 7.01. The molecule has 6 heteroatoms. The number of amides is 3. The third-order valence-electron chi connectivity index (χ3n) is 9.03. The Balaban J connectivity index is 1.11. The highest BCUT2D eigenvalue weighted by molar-refractivity contribution is 6.07. The summed E-state index contributed by atoms with van der Waals surface area (Å²) in [6, 6.07) is 17.3. The molecule has 4 aliphatic rings. The Labute approximate surface area is 214 Å². The SMILES string of the molecule is CCN1C(=O)N(C2Cc3ccccc3C2)C(=O)C12CCN(Cc1ccc(N3CCCCC3)cc1)CC2. The number of hydrogen-bond donors (Lipinski definition) is 0. The summed E-state index contributed by atoms with van der Waals surface area (Å²) in [4.78, 5) is 35.8. The average Bonchev–Trinajstić information content (AvgIpc) is 3.42. The molecule has 0 aromatic heterocycles. The lowest BCUT2D eigenvalue weighted by Gasteiger charge is -2.42. The van der Waals surface area contributed by atoms with Crippen molar-refractivity contribution in [2.75, 3.05) is 37.6 Å². The van der Waals surface area contributed by atoms with Crippen molar-refractivity contribution in [3.8, 4) is 0 Å². The smallest absolute Gasteiger partial charge is 0.327 e. The van der Waals surface area contributed by atoms with Gasteiger partial charge >= 0.3 is 6.03 Å². The molecule has 0 radical (unpaired) electrons. The van der Waals surface area contributed by atoms with Gasteiger partial charge in [-0.25, -0.2) is 4.79 Å². The standard InChI is InChI=1S/C30H38N4O2/c1-2-33-29(36)34(27-20-24-8-4-5-9-25(24)21-27)28(35)30(33)14-18-31(19-15-30)22-23-10-12-26(13-11-23)32-16-6-3-7-17-32/h4-5,8-13,27H,2-3,6-7,14-22H2,1H3. The molecule has 1 spiro atoms. The molecule has 0 N–H and O–H groups in total. The second kappa shape index (κ2) is 9.55. The van der Waals surface area contributed by atoms with Gasteiger partial charge < -0.3 is 9.80 Å². The molecule has 0 saturated carbocycles. The van der Waals surface area contributed by atoms with E-state index in [2.05, 4.69) is 46.2 Å². The van der Waals surface area contributed by atoms with Gasteiger partial charge in [0.1, 0.15) is 5.54 Å². The summed E-state index contributed by atoms with van der Waals surface area (Å²) in [6.45, 7) is 7.49. The molecule has 3 fully saturated rings. The van der Waals surface area contributed by atoms with E-state index in [1.807, 2.05) is 24.0 Å². The van der Waals surface area contributed by atoms with Crippen LogP contribution in [-0.2, 0) is 24.2 Å². The minimum absolute atomic E-state index is 0.0395. The molecule has 2 aromatic rings. The number of hydrogen-bond acceptors (Lipinski definition) is 4. The third kappa shape index (κ3) is 4.00. The number of urea groups is 1. The first-order valence-electron chi connectivity index (χ1n) is 13.9. The Kier molecular flexibility index (Phi) is 6.24. The number of nitrogens with zero attached hydrogens (tertiary/aromatic N) is 4. The number of fused-ring (bicyclic) bond motifs is 1. The quantitative estimate of drug-likeness (QED) is 0.586. The summed E-state index contributed by atoms with van der Waals surface area (Å²) in [5.74, 6) is 0.0395. The van der Waals surface area contributed by atoms with Gasteiger partial charge in [-0.3, -0.25) is 14.6 Å². The van der Waals surface area contributed by atoms with Crippen molar-refractivity contribution < 1.29 is 9.59 Å². The average molecular weight is 487 g/mol. The van der Waals surface area contributed by atoms with Crippen LogP contribution in [0.3, 0.4) is 0 Å². The highest BCUT2D eigenvalue weighted by Crippen LogP contribution is 2.40. The van der Waals surface area contributed by atoms with E-state index in [0.29, 0.717) is 19.4 Å². The largest absolute Gasteiger partial charge is 0.372 e. The van der Waals surface area contributed by atoms with E-state index in [1.54, 1.807) is 4.90 Å². The molecule has 6 rings (SSSR count). The van der Waals surface area contributed by atoms with Gasteiger partial charge in [-0.15, -0.1) is 0 Å². The first-order valence-corrected chi connectivity index (χ1v) is 13.9. The van der Waals surface area contributed by atoms with Gasteiger partial charge in [-0.2, -0.15) is 0 Å². The zero-order valence-electron chi connectivity index (χ0n) is 21.5. The molecule has 3 saturated heterocycles. The summed E-state index contributed by atoms with van der Waals surface area (Å²) in [5.41, 5.74) is 4.52. The maximum atomic E-state index is 13.9. The predicted molar refractivity (Wildman–Crippen MR) is 142 cm³/mol. The lowest BCUT2D eigenvalue weighted by atomic mass is 9.85. The minimum atomic E-state index is -0.671. The third-order valence-corrected chi connectivity index (χ3v) is 9.03. The normalized spacial score (nSPS) is 22.6. The maximum absolute atomic E-state index is 13.9. The molecular formula is C30H38N4O2. The lowest BCUT2D eigenvalue weighted by molar-refractivity contribution is -0.137. The first-order chi connectivity index (χ1) is 17.6. The van der Waals surface area contributed by atoms with Crippen LogP contribution in [0.5, 0.6) is 0 Å². The summed E-state index contributed by atoms with van der Waals surface area (Å²) in [5, 5.41) is 0. The van der Waals surface area contributed by atoms with E-state index < -0.39 is 5.54 Å². The van der Waals surface area contributed by atoms with Crippen molar-refractivity contribution in [2.24, 2.45) is 0 Å². The molecule has 0 unspecified atom stereocenters. The highest BCUT2D eigenvalue weighted by atomic mass is 16.2. The summed E-state index contributed by atoms with van der Waals surface area (Å²) in [6.07, 6.45) is 6.92. The summed E-state index contributed by atoms with van der Waals surface area (Å²) < 4.78 is 0. The number of likely N-dealkylation sites (N-methyl/N-ethyl adjacent to an activating group) is 1. The van der Waals surface area contributed by atoms with Crippen LogP contribution in [0, 0.1) is 0 Å². The van der Waals surface area contributed by atoms with Gasteiger partial charge in [0.2, 0.25) is 0 Å². The zero-order chi connectivity index (χ0) is 24.7. The number of benzene rings is 2. The minimum Gasteiger partial charge on any atom is -0.372 e. The van der Waals surface area contributed by atoms with Crippen LogP contribution >= 0.6 is 0 Å². The summed E-state index contributed by atoms with van der Waals surface area (Å²) >= 11 is 0. The lowest BCUT2D eigenvalue weighted by Crippen LogP contribution is -2.56. The predicted octanol–water partition coefficient (Wildman–Crippen LogP) is 4.46. The van der Waals surface area contributed by atoms with Gasteiger partial charge in [0, 0.05) is 51.0 Å². The number of piperidine rings is 2. The number of carbonyl (C=O) groups excluding carboxylic acids is 2. The second-order valence-corrected chi connectivity index (χ2v) is 11.1. The van der Waals surface area contributed by atoms with Crippen molar-refractivity contribution in [1.29, 1.82) is 0 Å². The fourth-order valence-corrected chi connectivity index (χ4v) is 7.01. The highest BCUT2D eigenvalue weighted by Gasteiger charge is 2.59. The van der Waals surface area contributed by atoms with Crippen LogP contribution in [0.15, 0.2) is 48.5 Å². The number of rotatable bonds is 5. The molecule has 6 nitrogen and oxygen atoms in total.